The summed E-state index contributed by atoms with van der Waals surface area (Å²) in [5.74, 6) is 0.886. The largest absolute Gasteiger partial charge is 0.385 e. The van der Waals surface area contributed by atoms with Gasteiger partial charge >= 0.3 is 0 Å². The fourth-order valence-corrected chi connectivity index (χ4v) is 4.42. The highest BCUT2D eigenvalue weighted by atomic mass is 16.5. The topological polar surface area (TPSA) is 107 Å². The highest BCUT2D eigenvalue weighted by Gasteiger charge is 2.46. The maximum Gasteiger partial charge on any atom is 0.261 e. The third-order valence-electron chi connectivity index (χ3n) is 6.24. The second-order valence-electron chi connectivity index (χ2n) is 8.32. The van der Waals surface area contributed by atoms with Gasteiger partial charge in [-0.15, -0.1) is 0 Å². The molecule has 3 aromatic heterocycles. The van der Waals surface area contributed by atoms with E-state index in [2.05, 4.69) is 26.2 Å². The summed E-state index contributed by atoms with van der Waals surface area (Å²) < 4.78 is 6.82. The molecule has 0 bridgehead atoms. The lowest BCUT2D eigenvalue weighted by Gasteiger charge is -2.42. The van der Waals surface area contributed by atoms with Gasteiger partial charge in [0.15, 0.2) is 5.82 Å². The minimum Gasteiger partial charge on any atom is -0.385 e. The standard InChI is InChI=1S/C24H19N5O3/c30-23-19-7-8-25-12-20(19)26-14-29(23)13-21-27-22(28-32-21)17-10-24(31,11-17)18-6-5-15-3-1-2-4-16(15)9-18/h1-9,12,14,17,31H,10-11,13H2. The maximum atomic E-state index is 12.6. The molecule has 3 heterocycles. The van der Waals surface area contributed by atoms with Crippen LogP contribution in [-0.4, -0.2) is 29.8 Å². The molecule has 1 aliphatic rings. The number of aromatic nitrogens is 5. The lowest BCUT2D eigenvalue weighted by molar-refractivity contribution is -0.0572. The lowest BCUT2D eigenvalue weighted by Crippen LogP contribution is -2.40. The van der Waals surface area contributed by atoms with Crippen molar-refractivity contribution in [3.63, 3.8) is 0 Å². The van der Waals surface area contributed by atoms with Crippen molar-refractivity contribution in [3.05, 3.63) is 94.9 Å². The first-order chi connectivity index (χ1) is 15.6. The van der Waals surface area contributed by atoms with Crippen LogP contribution >= 0.6 is 0 Å². The second kappa shape index (κ2) is 7.06. The first-order valence-electron chi connectivity index (χ1n) is 10.4. The maximum absolute atomic E-state index is 12.6. The molecule has 1 saturated carbocycles. The van der Waals surface area contributed by atoms with Crippen LogP contribution in [0.5, 0.6) is 0 Å². The Balaban J connectivity index is 1.19. The third kappa shape index (κ3) is 3.07. The molecular formula is C24H19N5O3. The second-order valence-corrected chi connectivity index (χ2v) is 8.32. The van der Waals surface area contributed by atoms with Gasteiger partial charge in [0.05, 0.1) is 29.0 Å². The molecule has 1 fully saturated rings. The van der Waals surface area contributed by atoms with Gasteiger partial charge in [0.2, 0.25) is 5.89 Å². The Labute approximate surface area is 182 Å². The van der Waals surface area contributed by atoms with Gasteiger partial charge in [0, 0.05) is 12.1 Å². The average molecular weight is 425 g/mol. The van der Waals surface area contributed by atoms with E-state index in [-0.39, 0.29) is 18.0 Å². The van der Waals surface area contributed by atoms with Crippen LogP contribution in [0, 0.1) is 0 Å². The Kier molecular flexibility index (Phi) is 4.16. The zero-order valence-corrected chi connectivity index (χ0v) is 17.0. The molecule has 6 rings (SSSR count). The predicted octanol–water partition coefficient (Wildman–Crippen LogP) is 3.14. The summed E-state index contributed by atoms with van der Waals surface area (Å²) >= 11 is 0. The zero-order chi connectivity index (χ0) is 21.7. The van der Waals surface area contributed by atoms with Gasteiger partial charge in [-0.25, -0.2) is 4.98 Å². The minimum absolute atomic E-state index is 0.00138. The van der Waals surface area contributed by atoms with Crippen molar-refractivity contribution < 1.29 is 9.63 Å². The Morgan fingerprint density at radius 3 is 2.84 bits per heavy atom. The van der Waals surface area contributed by atoms with E-state index in [1.807, 2.05) is 36.4 Å². The molecule has 8 nitrogen and oxygen atoms in total. The van der Waals surface area contributed by atoms with Crippen LogP contribution in [0.4, 0.5) is 0 Å². The highest BCUT2D eigenvalue weighted by Crippen LogP contribution is 2.50. The monoisotopic (exact) mass is 425 g/mol. The van der Waals surface area contributed by atoms with E-state index in [1.165, 1.54) is 10.9 Å². The first-order valence-corrected chi connectivity index (χ1v) is 10.4. The molecule has 5 aromatic rings. The van der Waals surface area contributed by atoms with E-state index >= 15 is 0 Å². The van der Waals surface area contributed by atoms with Crippen LogP contribution in [0.2, 0.25) is 0 Å². The fourth-order valence-electron chi connectivity index (χ4n) is 4.42. The molecule has 1 aliphatic carbocycles. The van der Waals surface area contributed by atoms with E-state index in [9.17, 15) is 9.90 Å². The van der Waals surface area contributed by atoms with Gasteiger partial charge in [-0.2, -0.15) is 4.98 Å². The summed E-state index contributed by atoms with van der Waals surface area (Å²) in [5.41, 5.74) is 0.358. The summed E-state index contributed by atoms with van der Waals surface area (Å²) in [6.07, 6.45) is 5.62. The van der Waals surface area contributed by atoms with Crippen molar-refractivity contribution in [2.75, 3.05) is 0 Å². The lowest BCUT2D eigenvalue weighted by atomic mass is 9.67. The zero-order valence-electron chi connectivity index (χ0n) is 17.0. The van der Waals surface area contributed by atoms with E-state index in [0.29, 0.717) is 35.5 Å². The van der Waals surface area contributed by atoms with Crippen LogP contribution in [0.15, 0.2) is 76.6 Å². The molecule has 158 valence electrons. The summed E-state index contributed by atoms with van der Waals surface area (Å²) in [6.45, 7) is 0.138. The van der Waals surface area contributed by atoms with Gasteiger partial charge in [-0.1, -0.05) is 41.6 Å². The van der Waals surface area contributed by atoms with E-state index in [1.54, 1.807) is 18.5 Å². The fraction of sp³-hybridized carbons (Fsp3) is 0.208. The molecule has 1 N–H and O–H groups in total. The number of aliphatic hydroxyl groups is 1. The number of benzene rings is 2. The predicted molar refractivity (Wildman–Crippen MR) is 117 cm³/mol. The average Bonchev–Trinajstić information content (AvgIpc) is 3.27. The van der Waals surface area contributed by atoms with E-state index in [0.717, 1.165) is 16.3 Å². The molecule has 2 aromatic carbocycles. The molecule has 32 heavy (non-hydrogen) atoms. The van der Waals surface area contributed by atoms with Crippen LogP contribution in [0.3, 0.4) is 0 Å². The van der Waals surface area contributed by atoms with Crippen LogP contribution in [0.1, 0.15) is 36.0 Å². The molecule has 0 atom stereocenters. The molecule has 8 heteroatoms. The van der Waals surface area contributed by atoms with Gasteiger partial charge in [0.1, 0.15) is 6.54 Å². The van der Waals surface area contributed by atoms with Gasteiger partial charge < -0.3 is 9.63 Å². The third-order valence-corrected chi connectivity index (χ3v) is 6.24. The van der Waals surface area contributed by atoms with Crippen LogP contribution in [0.25, 0.3) is 21.7 Å². The van der Waals surface area contributed by atoms with E-state index < -0.39 is 5.60 Å². The number of rotatable bonds is 4. The first kappa shape index (κ1) is 18.8. The van der Waals surface area contributed by atoms with Crippen molar-refractivity contribution in [3.8, 4) is 0 Å². The SMILES string of the molecule is O=c1c2ccncc2ncn1Cc1nc(C2CC(O)(c3ccc4ccccc4c3)C2)no1. The Morgan fingerprint density at radius 2 is 1.97 bits per heavy atom. The number of nitrogens with zero attached hydrogens (tertiary/aromatic N) is 5. The number of fused-ring (bicyclic) bond motifs is 2. The quantitative estimate of drug-likeness (QED) is 0.471. The molecule has 0 amide bonds. The Bertz CT molecular complexity index is 1520. The molecule has 0 aliphatic heterocycles. The van der Waals surface area contributed by atoms with Crippen molar-refractivity contribution in [2.24, 2.45) is 0 Å². The van der Waals surface area contributed by atoms with E-state index in [4.69, 9.17) is 4.52 Å². The normalized spacial score (nSPS) is 20.5. The van der Waals surface area contributed by atoms with Crippen molar-refractivity contribution in [1.29, 1.82) is 0 Å². The van der Waals surface area contributed by atoms with Gasteiger partial charge in [-0.05, 0) is 41.3 Å². The highest BCUT2D eigenvalue weighted by molar-refractivity contribution is 5.83. The summed E-state index contributed by atoms with van der Waals surface area (Å²) in [5, 5.41) is 17.9. The van der Waals surface area contributed by atoms with Gasteiger partial charge in [0.25, 0.3) is 5.56 Å². The Hall–Kier alpha value is -3.91. The summed E-state index contributed by atoms with van der Waals surface area (Å²) in [6, 6.07) is 15.8. The summed E-state index contributed by atoms with van der Waals surface area (Å²) in [7, 11) is 0. The minimum atomic E-state index is -0.900. The smallest absolute Gasteiger partial charge is 0.261 e. The molecule has 0 radical (unpaired) electrons. The molecular weight excluding hydrogens is 406 g/mol. The van der Waals surface area contributed by atoms with Gasteiger partial charge in [-0.3, -0.25) is 14.3 Å². The number of pyridine rings is 1. The molecule has 0 spiro atoms. The van der Waals surface area contributed by atoms with Crippen molar-refractivity contribution in [1.82, 2.24) is 24.7 Å². The number of hydrogen-bond acceptors (Lipinski definition) is 7. The van der Waals surface area contributed by atoms with Crippen LogP contribution < -0.4 is 5.56 Å². The summed E-state index contributed by atoms with van der Waals surface area (Å²) in [4.78, 5) is 25.4. The Morgan fingerprint density at radius 1 is 1.12 bits per heavy atom. The number of hydrogen-bond donors (Lipinski definition) is 1. The molecule has 0 unspecified atom stereocenters. The van der Waals surface area contributed by atoms with Crippen LogP contribution in [-0.2, 0) is 12.1 Å². The van der Waals surface area contributed by atoms with Crippen molar-refractivity contribution >= 4 is 21.7 Å². The van der Waals surface area contributed by atoms with Crippen molar-refractivity contribution in [2.45, 2.75) is 30.9 Å². The molecule has 0 saturated heterocycles.